The summed E-state index contributed by atoms with van der Waals surface area (Å²) in [5, 5.41) is 11.6. The second-order valence-electron chi connectivity index (χ2n) is 4.91. The maximum absolute atomic E-state index is 11.9. The molecule has 0 saturated heterocycles. The third kappa shape index (κ3) is 4.24. The maximum Gasteiger partial charge on any atom is 0.335 e. The lowest BCUT2D eigenvalue weighted by Gasteiger charge is -2.22. The molecule has 6 nitrogen and oxygen atoms in total. The van der Waals surface area contributed by atoms with E-state index in [0.717, 1.165) is 0 Å². The zero-order valence-electron chi connectivity index (χ0n) is 12.0. The predicted molar refractivity (Wildman–Crippen MR) is 74.3 cm³/mol. The van der Waals surface area contributed by atoms with Gasteiger partial charge in [-0.05, 0) is 32.0 Å². The van der Waals surface area contributed by atoms with Gasteiger partial charge in [-0.25, -0.2) is 4.79 Å². The van der Waals surface area contributed by atoms with E-state index in [4.69, 9.17) is 14.6 Å². The highest BCUT2D eigenvalue weighted by molar-refractivity contribution is 5.95. The van der Waals surface area contributed by atoms with Crippen molar-refractivity contribution in [1.82, 2.24) is 0 Å². The summed E-state index contributed by atoms with van der Waals surface area (Å²) in [5.41, 5.74) is -0.196. The molecule has 0 aliphatic rings. The Bertz CT molecular complexity index is 510. The largest absolute Gasteiger partial charge is 0.495 e. The lowest BCUT2D eigenvalue weighted by molar-refractivity contribution is -0.121. The summed E-state index contributed by atoms with van der Waals surface area (Å²) in [4.78, 5) is 22.9. The SMILES string of the molecule is COc1ccc(C(=O)O)cc1NC(=O)CC(C)(C)OC. The molecule has 0 spiro atoms. The molecule has 0 aliphatic carbocycles. The van der Waals surface area contributed by atoms with Crippen LogP contribution in [0.1, 0.15) is 30.6 Å². The van der Waals surface area contributed by atoms with Crippen molar-refractivity contribution < 1.29 is 24.2 Å². The fourth-order valence-corrected chi connectivity index (χ4v) is 1.59. The number of carbonyl (C=O) groups is 2. The van der Waals surface area contributed by atoms with E-state index in [2.05, 4.69) is 5.32 Å². The first-order valence-corrected chi connectivity index (χ1v) is 6.05. The highest BCUT2D eigenvalue weighted by Gasteiger charge is 2.22. The number of rotatable bonds is 6. The third-order valence-corrected chi connectivity index (χ3v) is 2.86. The van der Waals surface area contributed by atoms with Gasteiger partial charge < -0.3 is 19.9 Å². The number of amides is 1. The minimum atomic E-state index is -1.07. The number of methoxy groups -OCH3 is 2. The van der Waals surface area contributed by atoms with E-state index in [1.807, 2.05) is 0 Å². The fraction of sp³-hybridized carbons (Fsp3) is 0.429. The standard InChI is InChI=1S/C14H19NO5/c1-14(2,20-4)8-12(16)15-10-7-9(13(17)18)5-6-11(10)19-3/h5-7H,8H2,1-4H3,(H,15,16)(H,17,18). The Balaban J connectivity index is 2.92. The summed E-state index contributed by atoms with van der Waals surface area (Å²) in [6.45, 7) is 3.58. The summed E-state index contributed by atoms with van der Waals surface area (Å²) >= 11 is 0. The molecular weight excluding hydrogens is 262 g/mol. The number of ether oxygens (including phenoxy) is 2. The van der Waals surface area contributed by atoms with Gasteiger partial charge in [-0.3, -0.25) is 4.79 Å². The van der Waals surface area contributed by atoms with Gasteiger partial charge in [0.05, 0.1) is 30.4 Å². The highest BCUT2D eigenvalue weighted by atomic mass is 16.5. The molecule has 0 atom stereocenters. The van der Waals surface area contributed by atoms with Crippen LogP contribution in [0.4, 0.5) is 5.69 Å². The van der Waals surface area contributed by atoms with Gasteiger partial charge in [-0.15, -0.1) is 0 Å². The van der Waals surface area contributed by atoms with Crippen molar-refractivity contribution in [3.05, 3.63) is 23.8 Å². The number of benzene rings is 1. The van der Waals surface area contributed by atoms with E-state index < -0.39 is 11.6 Å². The molecule has 0 saturated carbocycles. The Morgan fingerprint density at radius 2 is 1.95 bits per heavy atom. The number of hydrogen-bond donors (Lipinski definition) is 2. The molecule has 1 aromatic rings. The summed E-state index contributed by atoms with van der Waals surface area (Å²) in [7, 11) is 2.98. The number of carbonyl (C=O) groups excluding carboxylic acids is 1. The lowest BCUT2D eigenvalue weighted by Crippen LogP contribution is -2.29. The van der Waals surface area contributed by atoms with Crippen LogP contribution in [0.2, 0.25) is 0 Å². The van der Waals surface area contributed by atoms with E-state index in [-0.39, 0.29) is 17.9 Å². The van der Waals surface area contributed by atoms with Crippen molar-refractivity contribution in [2.24, 2.45) is 0 Å². The average molecular weight is 281 g/mol. The molecule has 0 heterocycles. The van der Waals surface area contributed by atoms with E-state index in [0.29, 0.717) is 11.4 Å². The lowest BCUT2D eigenvalue weighted by atomic mass is 10.0. The number of carboxylic acids is 1. The predicted octanol–water partition coefficient (Wildman–Crippen LogP) is 2.15. The van der Waals surface area contributed by atoms with Gasteiger partial charge in [0.15, 0.2) is 0 Å². The molecule has 0 unspecified atom stereocenters. The smallest absolute Gasteiger partial charge is 0.335 e. The molecule has 20 heavy (non-hydrogen) atoms. The normalized spacial score (nSPS) is 11.0. The molecule has 1 rings (SSSR count). The fourth-order valence-electron chi connectivity index (χ4n) is 1.59. The molecule has 1 aromatic carbocycles. The van der Waals surface area contributed by atoms with E-state index >= 15 is 0 Å². The highest BCUT2D eigenvalue weighted by Crippen LogP contribution is 2.26. The zero-order chi connectivity index (χ0) is 15.3. The molecule has 0 radical (unpaired) electrons. The van der Waals surface area contributed by atoms with Crippen molar-refractivity contribution in [1.29, 1.82) is 0 Å². The quantitative estimate of drug-likeness (QED) is 0.834. The van der Waals surface area contributed by atoms with Crippen LogP contribution >= 0.6 is 0 Å². The Kier molecular flexibility index (Phi) is 5.10. The Morgan fingerprint density at radius 1 is 1.30 bits per heavy atom. The van der Waals surface area contributed by atoms with Crippen LogP contribution in [0.5, 0.6) is 5.75 Å². The number of nitrogens with one attached hydrogen (secondary N) is 1. The number of hydrogen-bond acceptors (Lipinski definition) is 4. The van der Waals surface area contributed by atoms with Crippen molar-refractivity contribution in [3.8, 4) is 5.75 Å². The van der Waals surface area contributed by atoms with Gasteiger partial charge in [-0.2, -0.15) is 0 Å². The van der Waals surface area contributed by atoms with Crippen LogP contribution in [0.3, 0.4) is 0 Å². The molecule has 0 aliphatic heterocycles. The number of aromatic carboxylic acids is 1. The maximum atomic E-state index is 11.9. The summed E-state index contributed by atoms with van der Waals surface area (Å²) < 4.78 is 10.3. The molecule has 110 valence electrons. The van der Waals surface area contributed by atoms with E-state index in [1.54, 1.807) is 13.8 Å². The van der Waals surface area contributed by atoms with E-state index in [1.165, 1.54) is 32.4 Å². The first-order chi connectivity index (χ1) is 9.29. The van der Waals surface area contributed by atoms with Gasteiger partial charge >= 0.3 is 5.97 Å². The van der Waals surface area contributed by atoms with Gasteiger partial charge in [0, 0.05) is 7.11 Å². The van der Waals surface area contributed by atoms with Gasteiger partial charge in [0.2, 0.25) is 5.91 Å². The average Bonchev–Trinajstić information content (AvgIpc) is 2.37. The van der Waals surface area contributed by atoms with Gasteiger partial charge in [0.1, 0.15) is 5.75 Å². The zero-order valence-corrected chi connectivity index (χ0v) is 12.0. The van der Waals surface area contributed by atoms with Crippen LogP contribution in [0, 0.1) is 0 Å². The van der Waals surface area contributed by atoms with Crippen LogP contribution in [-0.4, -0.2) is 36.8 Å². The van der Waals surface area contributed by atoms with Crippen molar-refractivity contribution in [3.63, 3.8) is 0 Å². The first-order valence-electron chi connectivity index (χ1n) is 6.05. The monoisotopic (exact) mass is 281 g/mol. The summed E-state index contributed by atoms with van der Waals surface area (Å²) in [5.74, 6) is -0.948. The minimum Gasteiger partial charge on any atom is -0.495 e. The van der Waals surface area contributed by atoms with Crippen LogP contribution in [-0.2, 0) is 9.53 Å². The Hall–Kier alpha value is -2.08. The third-order valence-electron chi connectivity index (χ3n) is 2.86. The second kappa shape index (κ2) is 6.38. The molecular formula is C14H19NO5. The van der Waals surface area contributed by atoms with Crippen molar-refractivity contribution in [2.45, 2.75) is 25.9 Å². The van der Waals surface area contributed by atoms with Crippen LogP contribution < -0.4 is 10.1 Å². The molecule has 1 amide bonds. The molecule has 0 bridgehead atoms. The topological polar surface area (TPSA) is 84.9 Å². The Morgan fingerprint density at radius 3 is 2.45 bits per heavy atom. The number of carboxylic acid groups (broad SMARTS) is 1. The van der Waals surface area contributed by atoms with Crippen LogP contribution in [0.25, 0.3) is 0 Å². The van der Waals surface area contributed by atoms with E-state index in [9.17, 15) is 9.59 Å². The van der Waals surface area contributed by atoms with Gasteiger partial charge in [0.25, 0.3) is 0 Å². The Labute approximate surface area is 117 Å². The minimum absolute atomic E-state index is 0.0760. The van der Waals surface area contributed by atoms with Crippen molar-refractivity contribution in [2.75, 3.05) is 19.5 Å². The second-order valence-corrected chi connectivity index (χ2v) is 4.91. The molecule has 0 aromatic heterocycles. The van der Waals surface area contributed by atoms with Crippen LogP contribution in [0.15, 0.2) is 18.2 Å². The first kappa shape index (κ1) is 16.0. The van der Waals surface area contributed by atoms with Crippen molar-refractivity contribution >= 4 is 17.6 Å². The molecule has 0 fully saturated rings. The van der Waals surface area contributed by atoms with Gasteiger partial charge in [-0.1, -0.05) is 0 Å². The summed E-state index contributed by atoms with van der Waals surface area (Å²) in [6, 6.07) is 4.27. The summed E-state index contributed by atoms with van der Waals surface area (Å²) in [6.07, 6.45) is 0.143. The molecule has 2 N–H and O–H groups in total. The molecule has 6 heteroatoms. The number of anilines is 1.